The minimum atomic E-state index is -3.91. The quantitative estimate of drug-likeness (QED) is 0.573. The van der Waals surface area contributed by atoms with Gasteiger partial charge in [0, 0.05) is 18.7 Å². The molecule has 0 aromatic heterocycles. The highest BCUT2D eigenvalue weighted by Crippen LogP contribution is 2.28. The number of nitro groups is 1. The highest BCUT2D eigenvalue weighted by atomic mass is 32.2. The van der Waals surface area contributed by atoms with Crippen molar-refractivity contribution in [2.45, 2.75) is 24.8 Å². The van der Waals surface area contributed by atoms with Crippen LogP contribution in [0.1, 0.15) is 13.8 Å². The van der Waals surface area contributed by atoms with Crippen molar-refractivity contribution in [3.05, 3.63) is 28.3 Å². The molecule has 8 nitrogen and oxygen atoms in total. The number of ether oxygens (including phenoxy) is 1. The van der Waals surface area contributed by atoms with E-state index in [2.05, 4.69) is 4.72 Å². The van der Waals surface area contributed by atoms with Gasteiger partial charge in [-0.15, -0.1) is 0 Å². The van der Waals surface area contributed by atoms with Crippen LogP contribution in [0, 0.1) is 10.1 Å². The van der Waals surface area contributed by atoms with E-state index >= 15 is 0 Å². The van der Waals surface area contributed by atoms with Gasteiger partial charge in [0.05, 0.1) is 16.4 Å². The number of nitrogens with one attached hydrogen (secondary N) is 1. The molecule has 0 bridgehead atoms. The number of hydrogen-bond donors (Lipinski definition) is 2. The number of nitro benzene ring substituents is 1. The molecule has 1 aromatic rings. The molecule has 1 rings (SSSR count). The molecule has 0 aliphatic carbocycles. The molecule has 0 aliphatic rings. The minimum absolute atomic E-state index is 0.190. The highest BCUT2D eigenvalue weighted by molar-refractivity contribution is 7.89. The Morgan fingerprint density at radius 1 is 1.50 bits per heavy atom. The van der Waals surface area contributed by atoms with Gasteiger partial charge in [-0.2, -0.15) is 0 Å². The van der Waals surface area contributed by atoms with Crippen LogP contribution in [0.3, 0.4) is 0 Å². The molecule has 0 heterocycles. The average Bonchev–Trinajstić information content (AvgIpc) is 2.35. The number of sulfonamides is 1. The van der Waals surface area contributed by atoms with Gasteiger partial charge >= 0.3 is 5.69 Å². The molecule has 20 heavy (non-hydrogen) atoms. The van der Waals surface area contributed by atoms with Crippen molar-refractivity contribution in [1.82, 2.24) is 4.72 Å². The minimum Gasteiger partial charge on any atom is -0.502 e. The van der Waals surface area contributed by atoms with Crippen LogP contribution in [0.15, 0.2) is 23.1 Å². The lowest BCUT2D eigenvalue weighted by Gasteiger charge is -2.14. The predicted molar refractivity (Wildman–Crippen MR) is 71.0 cm³/mol. The first-order valence-corrected chi connectivity index (χ1v) is 7.33. The van der Waals surface area contributed by atoms with Gasteiger partial charge in [-0.05, 0) is 26.0 Å². The fourth-order valence-electron chi connectivity index (χ4n) is 1.48. The summed E-state index contributed by atoms with van der Waals surface area (Å²) in [7, 11) is -3.91. The lowest BCUT2D eigenvalue weighted by molar-refractivity contribution is -0.386. The van der Waals surface area contributed by atoms with Gasteiger partial charge < -0.3 is 9.84 Å². The number of phenols is 1. The van der Waals surface area contributed by atoms with Crippen LogP contribution in [0.4, 0.5) is 5.69 Å². The summed E-state index contributed by atoms with van der Waals surface area (Å²) in [5.74, 6) is -0.587. The summed E-state index contributed by atoms with van der Waals surface area (Å²) >= 11 is 0. The highest BCUT2D eigenvalue weighted by Gasteiger charge is 2.22. The maximum Gasteiger partial charge on any atom is 0.312 e. The van der Waals surface area contributed by atoms with Crippen molar-refractivity contribution in [2.75, 3.05) is 13.2 Å². The number of benzene rings is 1. The van der Waals surface area contributed by atoms with Crippen molar-refractivity contribution >= 4 is 15.7 Å². The van der Waals surface area contributed by atoms with E-state index in [1.807, 2.05) is 0 Å². The van der Waals surface area contributed by atoms with E-state index < -0.39 is 32.4 Å². The third kappa shape index (κ3) is 4.15. The SMILES string of the molecule is CCOCC(C)NS(=O)(=O)c1ccc(O)c([N+](=O)[O-])c1. The van der Waals surface area contributed by atoms with Gasteiger partial charge in [-0.25, -0.2) is 13.1 Å². The van der Waals surface area contributed by atoms with Crippen LogP contribution in [0.25, 0.3) is 0 Å². The second-order valence-electron chi connectivity index (χ2n) is 4.09. The largest absolute Gasteiger partial charge is 0.502 e. The molecule has 0 radical (unpaired) electrons. The first-order chi connectivity index (χ1) is 9.27. The van der Waals surface area contributed by atoms with Gasteiger partial charge in [-0.1, -0.05) is 0 Å². The van der Waals surface area contributed by atoms with E-state index in [4.69, 9.17) is 4.74 Å². The van der Waals surface area contributed by atoms with Crippen molar-refractivity contribution < 1.29 is 23.2 Å². The second kappa shape index (κ2) is 6.64. The van der Waals surface area contributed by atoms with E-state index in [9.17, 15) is 23.6 Å². The zero-order valence-corrected chi connectivity index (χ0v) is 11.9. The lowest BCUT2D eigenvalue weighted by Crippen LogP contribution is -2.35. The van der Waals surface area contributed by atoms with E-state index in [0.29, 0.717) is 6.61 Å². The smallest absolute Gasteiger partial charge is 0.312 e. The third-order valence-corrected chi connectivity index (χ3v) is 3.97. The monoisotopic (exact) mass is 304 g/mol. The molecule has 2 N–H and O–H groups in total. The summed E-state index contributed by atoms with van der Waals surface area (Å²) in [5.41, 5.74) is -0.662. The van der Waals surface area contributed by atoms with E-state index in [-0.39, 0.29) is 11.5 Å². The summed E-state index contributed by atoms with van der Waals surface area (Å²) in [6, 6.07) is 2.40. The second-order valence-corrected chi connectivity index (χ2v) is 5.80. The van der Waals surface area contributed by atoms with Gasteiger partial charge in [-0.3, -0.25) is 10.1 Å². The van der Waals surface area contributed by atoms with Crippen LogP contribution in [-0.4, -0.2) is 37.7 Å². The van der Waals surface area contributed by atoms with Crippen LogP contribution in [0.5, 0.6) is 5.75 Å². The molecule has 0 saturated carbocycles. The molecular weight excluding hydrogens is 288 g/mol. The molecule has 1 unspecified atom stereocenters. The zero-order valence-electron chi connectivity index (χ0n) is 11.1. The lowest BCUT2D eigenvalue weighted by atomic mass is 10.3. The first kappa shape index (κ1) is 16.3. The number of aromatic hydroxyl groups is 1. The van der Waals surface area contributed by atoms with E-state index in [1.54, 1.807) is 13.8 Å². The van der Waals surface area contributed by atoms with Gasteiger partial charge in [0.25, 0.3) is 0 Å². The predicted octanol–water partition coefficient (Wildman–Crippen LogP) is 1.00. The van der Waals surface area contributed by atoms with Crippen LogP contribution < -0.4 is 4.72 Å². The Morgan fingerprint density at radius 3 is 2.70 bits per heavy atom. The number of rotatable bonds is 7. The fourth-order valence-corrected chi connectivity index (χ4v) is 2.73. The summed E-state index contributed by atoms with van der Waals surface area (Å²) in [5, 5.41) is 20.0. The zero-order chi connectivity index (χ0) is 15.3. The molecule has 0 spiro atoms. The number of nitrogens with zero attached hydrogens (tertiary/aromatic N) is 1. The Kier molecular flexibility index (Phi) is 5.43. The molecule has 1 aromatic carbocycles. The molecule has 0 saturated heterocycles. The first-order valence-electron chi connectivity index (χ1n) is 5.85. The van der Waals surface area contributed by atoms with Crippen molar-refractivity contribution in [1.29, 1.82) is 0 Å². The summed E-state index contributed by atoms with van der Waals surface area (Å²) < 4.78 is 31.5. The van der Waals surface area contributed by atoms with Crippen molar-refractivity contribution in [3.63, 3.8) is 0 Å². The molecule has 9 heteroatoms. The normalized spacial score (nSPS) is 13.1. The Balaban J connectivity index is 2.98. The molecule has 0 fully saturated rings. The van der Waals surface area contributed by atoms with Crippen LogP contribution in [-0.2, 0) is 14.8 Å². The summed E-state index contributed by atoms with van der Waals surface area (Å²) in [4.78, 5) is 9.54. The standard InChI is InChI=1S/C11H16N2O6S/c1-3-19-7-8(2)12-20(17,18)9-4-5-11(14)10(6-9)13(15)16/h4-6,8,12,14H,3,7H2,1-2H3. The van der Waals surface area contributed by atoms with Crippen LogP contribution >= 0.6 is 0 Å². The van der Waals surface area contributed by atoms with E-state index in [0.717, 1.165) is 18.2 Å². The molecule has 0 amide bonds. The molecule has 0 aliphatic heterocycles. The van der Waals surface area contributed by atoms with Gasteiger partial charge in [0.2, 0.25) is 10.0 Å². The topological polar surface area (TPSA) is 119 Å². The van der Waals surface area contributed by atoms with Crippen LogP contribution in [0.2, 0.25) is 0 Å². The molecular formula is C11H16N2O6S. The Hall–Kier alpha value is -1.71. The Morgan fingerprint density at radius 2 is 2.15 bits per heavy atom. The van der Waals surface area contributed by atoms with Gasteiger partial charge in [0.15, 0.2) is 5.75 Å². The summed E-state index contributed by atoms with van der Waals surface area (Å²) in [6.07, 6.45) is 0. The number of phenolic OH excluding ortho intramolecular Hbond substituents is 1. The van der Waals surface area contributed by atoms with Crippen molar-refractivity contribution in [2.24, 2.45) is 0 Å². The maximum atomic E-state index is 12.0. The maximum absolute atomic E-state index is 12.0. The van der Waals surface area contributed by atoms with E-state index in [1.165, 1.54) is 0 Å². The molecule has 1 atom stereocenters. The Labute approximate surface area is 116 Å². The molecule has 112 valence electrons. The Bertz CT molecular complexity index is 587. The summed E-state index contributed by atoms with van der Waals surface area (Å²) in [6.45, 7) is 4.04. The van der Waals surface area contributed by atoms with Gasteiger partial charge in [0.1, 0.15) is 0 Å². The number of hydrogen-bond acceptors (Lipinski definition) is 6. The van der Waals surface area contributed by atoms with Crippen molar-refractivity contribution in [3.8, 4) is 5.75 Å². The fraction of sp³-hybridized carbons (Fsp3) is 0.455. The third-order valence-electron chi connectivity index (χ3n) is 2.38. The average molecular weight is 304 g/mol.